The molecule has 0 radical (unpaired) electrons. The molecule has 5 rings (SSSR count). The Kier molecular flexibility index (Phi) is 6.69. The molecule has 0 spiro atoms. The summed E-state index contributed by atoms with van der Waals surface area (Å²) in [5.41, 5.74) is 0.308. The summed E-state index contributed by atoms with van der Waals surface area (Å²) in [7, 11) is 0. The minimum absolute atomic E-state index is 0.0689. The fraction of sp³-hybridized carbons (Fsp3) is 0.423. The summed E-state index contributed by atoms with van der Waals surface area (Å²) in [6.45, 7) is 2.24. The number of rotatable bonds is 9. The molecule has 184 valence electrons. The molecule has 35 heavy (non-hydrogen) atoms. The Morgan fingerprint density at radius 1 is 1.17 bits per heavy atom. The Balaban J connectivity index is 1.36. The van der Waals surface area contributed by atoms with Crippen LogP contribution in [-0.4, -0.2) is 36.5 Å². The van der Waals surface area contributed by atoms with Gasteiger partial charge in [-0.2, -0.15) is 0 Å². The van der Waals surface area contributed by atoms with Crippen LogP contribution in [0.1, 0.15) is 54.8 Å². The fourth-order valence-corrected chi connectivity index (χ4v) is 6.54. The number of phenolic OH excluding ortho intramolecular Hbond substituents is 2. The summed E-state index contributed by atoms with van der Waals surface area (Å²) in [6, 6.07) is 10.4. The number of thioether (sulfide) groups is 1. The topological polar surface area (TPSA) is 97.5 Å². The number of para-hydroxylation sites is 1. The highest BCUT2D eigenvalue weighted by Crippen LogP contribution is 2.52. The molecule has 4 unspecified atom stereocenters. The van der Waals surface area contributed by atoms with Gasteiger partial charge in [-0.1, -0.05) is 30.3 Å². The van der Waals surface area contributed by atoms with E-state index in [1.807, 2.05) is 0 Å². The predicted molar refractivity (Wildman–Crippen MR) is 129 cm³/mol. The van der Waals surface area contributed by atoms with Gasteiger partial charge < -0.3 is 14.9 Å². The average molecular weight is 498 g/mol. The first-order valence-corrected chi connectivity index (χ1v) is 12.9. The lowest BCUT2D eigenvalue weighted by Crippen LogP contribution is -2.24. The Labute approximate surface area is 207 Å². The summed E-state index contributed by atoms with van der Waals surface area (Å²) < 4.78 is 21.9. The zero-order chi connectivity index (χ0) is 24.5. The monoisotopic (exact) mass is 497 g/mol. The van der Waals surface area contributed by atoms with Gasteiger partial charge in [-0.25, -0.2) is 4.39 Å². The highest BCUT2D eigenvalue weighted by molar-refractivity contribution is 7.99. The summed E-state index contributed by atoms with van der Waals surface area (Å²) in [4.78, 5) is 12.7. The molecule has 1 aromatic heterocycles. The minimum atomic E-state index is -0.433. The van der Waals surface area contributed by atoms with Crippen molar-refractivity contribution in [3.8, 4) is 17.2 Å². The van der Waals surface area contributed by atoms with Crippen molar-refractivity contribution < 1.29 is 24.1 Å². The zero-order valence-corrected chi connectivity index (χ0v) is 20.2. The smallest absolute Gasteiger partial charge is 0.192 e. The molecule has 9 heteroatoms. The number of carbonyl (C=O) groups excluding carboxylic acids is 1. The van der Waals surface area contributed by atoms with Crippen molar-refractivity contribution in [2.24, 2.45) is 17.8 Å². The van der Waals surface area contributed by atoms with E-state index in [2.05, 4.69) is 21.7 Å². The highest BCUT2D eigenvalue weighted by atomic mass is 32.2. The first-order valence-electron chi connectivity index (χ1n) is 11.9. The molecule has 2 saturated carbocycles. The SMILES string of the molecule is CC(C1CC2CCC1C2)n1c(COc2ccccc2F)nnc1SCC(=O)c1ccc(O)c(O)c1. The maximum atomic E-state index is 14.1. The van der Waals surface area contributed by atoms with Crippen LogP contribution in [0.4, 0.5) is 4.39 Å². The quantitative estimate of drug-likeness (QED) is 0.233. The molecule has 2 aliphatic rings. The highest BCUT2D eigenvalue weighted by Gasteiger charge is 2.43. The van der Waals surface area contributed by atoms with Crippen LogP contribution < -0.4 is 4.74 Å². The van der Waals surface area contributed by atoms with Crippen molar-refractivity contribution in [1.82, 2.24) is 14.8 Å². The lowest BCUT2D eigenvalue weighted by atomic mass is 9.84. The molecule has 0 saturated heterocycles. The lowest BCUT2D eigenvalue weighted by molar-refractivity contribution is 0.102. The van der Waals surface area contributed by atoms with E-state index in [9.17, 15) is 19.4 Å². The van der Waals surface area contributed by atoms with E-state index in [1.165, 1.54) is 61.7 Å². The van der Waals surface area contributed by atoms with Gasteiger partial charge in [0, 0.05) is 11.6 Å². The van der Waals surface area contributed by atoms with E-state index in [0.29, 0.717) is 28.4 Å². The molecule has 1 heterocycles. The number of aromatic nitrogens is 3. The first kappa shape index (κ1) is 23.7. The Hall–Kier alpha value is -3.07. The second-order valence-corrected chi connectivity index (χ2v) is 10.4. The maximum Gasteiger partial charge on any atom is 0.192 e. The maximum absolute atomic E-state index is 14.1. The van der Waals surface area contributed by atoms with Crippen LogP contribution >= 0.6 is 11.8 Å². The van der Waals surface area contributed by atoms with Gasteiger partial charge in [0.2, 0.25) is 0 Å². The predicted octanol–water partition coefficient (Wildman–Crippen LogP) is 5.38. The molecule has 3 aromatic rings. The van der Waals surface area contributed by atoms with E-state index >= 15 is 0 Å². The van der Waals surface area contributed by atoms with Crippen LogP contribution in [-0.2, 0) is 6.61 Å². The van der Waals surface area contributed by atoms with Crippen LogP contribution in [0, 0.1) is 23.6 Å². The van der Waals surface area contributed by atoms with E-state index in [0.717, 1.165) is 5.92 Å². The third-order valence-corrected chi connectivity index (χ3v) is 8.32. The van der Waals surface area contributed by atoms with Crippen LogP contribution in [0.25, 0.3) is 0 Å². The van der Waals surface area contributed by atoms with Crippen LogP contribution in [0.15, 0.2) is 47.6 Å². The number of Topliss-reactive ketones (excluding diaryl/α,β-unsaturated/α-hetero) is 1. The largest absolute Gasteiger partial charge is 0.504 e. The summed E-state index contributed by atoms with van der Waals surface area (Å²) >= 11 is 1.28. The Bertz CT molecular complexity index is 1230. The third kappa shape index (κ3) is 4.87. The molecular weight excluding hydrogens is 469 g/mol. The number of ketones is 1. The van der Waals surface area contributed by atoms with Gasteiger partial charge in [-0.15, -0.1) is 10.2 Å². The molecule has 2 N–H and O–H groups in total. The Morgan fingerprint density at radius 2 is 2.00 bits per heavy atom. The van der Waals surface area contributed by atoms with Crippen molar-refractivity contribution in [3.63, 3.8) is 0 Å². The van der Waals surface area contributed by atoms with E-state index in [-0.39, 0.29) is 41.4 Å². The van der Waals surface area contributed by atoms with Crippen molar-refractivity contribution in [2.45, 2.75) is 50.4 Å². The molecule has 2 aromatic carbocycles. The number of hydrogen-bond donors (Lipinski definition) is 2. The van der Waals surface area contributed by atoms with Crippen molar-refractivity contribution in [3.05, 3.63) is 59.7 Å². The first-order chi connectivity index (χ1) is 16.9. The number of halogens is 1. The standard InChI is InChI=1S/C26H28FN3O4S/c1-15(19-11-16-6-7-17(19)10-16)30-25(13-34-24-5-3-2-4-20(24)27)28-29-26(30)35-14-23(33)18-8-9-21(31)22(32)12-18/h2-5,8-9,12,15-17,19,31-32H,6-7,10-11,13-14H2,1H3. The molecule has 2 bridgehead atoms. The second-order valence-electron chi connectivity index (χ2n) is 9.48. The molecule has 2 aliphatic carbocycles. The van der Waals surface area contributed by atoms with E-state index in [1.54, 1.807) is 18.2 Å². The normalized spacial score (nSPS) is 21.8. The van der Waals surface area contributed by atoms with Crippen LogP contribution in [0.2, 0.25) is 0 Å². The number of phenols is 2. The lowest BCUT2D eigenvalue weighted by Gasteiger charge is -2.30. The molecule has 4 atom stereocenters. The molecule has 0 amide bonds. The number of ether oxygens (including phenoxy) is 1. The van der Waals surface area contributed by atoms with E-state index < -0.39 is 5.82 Å². The average Bonchev–Trinajstić information content (AvgIpc) is 3.59. The number of aromatic hydroxyl groups is 2. The number of hydrogen-bond acceptors (Lipinski definition) is 7. The van der Waals surface area contributed by atoms with E-state index in [4.69, 9.17) is 4.74 Å². The van der Waals surface area contributed by atoms with Gasteiger partial charge in [0.05, 0.1) is 5.75 Å². The van der Waals surface area contributed by atoms with Crippen molar-refractivity contribution >= 4 is 17.5 Å². The summed E-state index contributed by atoms with van der Waals surface area (Å²) in [5, 5.41) is 28.6. The van der Waals surface area contributed by atoms with Crippen LogP contribution in [0.5, 0.6) is 17.2 Å². The molecular formula is C26H28FN3O4S. The van der Waals surface area contributed by atoms with Gasteiger partial charge in [0.1, 0.15) is 6.61 Å². The fourth-order valence-electron chi connectivity index (χ4n) is 5.60. The molecule has 2 fully saturated rings. The van der Waals surface area contributed by atoms with Gasteiger partial charge in [0.15, 0.2) is 39.8 Å². The van der Waals surface area contributed by atoms with Gasteiger partial charge >= 0.3 is 0 Å². The number of fused-ring (bicyclic) bond motifs is 2. The zero-order valence-electron chi connectivity index (χ0n) is 19.4. The Morgan fingerprint density at radius 3 is 2.71 bits per heavy atom. The van der Waals surface area contributed by atoms with Crippen LogP contribution in [0.3, 0.4) is 0 Å². The number of benzene rings is 2. The third-order valence-electron chi connectivity index (χ3n) is 7.38. The minimum Gasteiger partial charge on any atom is -0.504 e. The van der Waals surface area contributed by atoms with Gasteiger partial charge in [-0.3, -0.25) is 9.36 Å². The van der Waals surface area contributed by atoms with Crippen molar-refractivity contribution in [1.29, 1.82) is 0 Å². The summed E-state index contributed by atoms with van der Waals surface area (Å²) in [6.07, 6.45) is 4.99. The van der Waals surface area contributed by atoms with Gasteiger partial charge in [0.25, 0.3) is 0 Å². The second kappa shape index (κ2) is 9.89. The summed E-state index contributed by atoms with van der Waals surface area (Å²) in [5.74, 6) is 1.58. The van der Waals surface area contributed by atoms with Crippen molar-refractivity contribution in [2.75, 3.05) is 5.75 Å². The molecule has 0 aliphatic heterocycles. The molecule has 7 nitrogen and oxygen atoms in total. The number of nitrogens with zero attached hydrogens (tertiary/aromatic N) is 3. The van der Waals surface area contributed by atoms with Gasteiger partial charge in [-0.05, 0) is 74.3 Å². The number of carbonyl (C=O) groups is 1.